The van der Waals surface area contributed by atoms with Crippen LogP contribution < -0.4 is 4.74 Å². The molecule has 3 aromatic rings. The van der Waals surface area contributed by atoms with E-state index in [-0.39, 0.29) is 22.5 Å². The topological polar surface area (TPSA) is 52.1 Å². The summed E-state index contributed by atoms with van der Waals surface area (Å²) >= 11 is 7.35. The quantitative estimate of drug-likeness (QED) is 0.201. The number of carbonyl (C=O) groups excluding carboxylic acids is 1. The van der Waals surface area contributed by atoms with E-state index in [9.17, 15) is 9.18 Å². The minimum atomic E-state index is -0.655. The molecular formula is C22H20ClFN2O2S. The first-order chi connectivity index (χ1) is 13.8. The van der Waals surface area contributed by atoms with E-state index in [1.165, 1.54) is 24.0 Å². The molecule has 0 amide bonds. The Morgan fingerprint density at radius 2 is 2.00 bits per heavy atom. The normalized spacial score (nSPS) is 11.0. The second-order valence-corrected chi connectivity index (χ2v) is 8.16. The number of aromatic nitrogens is 2. The van der Waals surface area contributed by atoms with Crippen LogP contribution >= 0.6 is 23.4 Å². The fourth-order valence-corrected chi connectivity index (χ4v) is 3.65. The molecule has 0 saturated carbocycles. The van der Waals surface area contributed by atoms with E-state index in [2.05, 4.69) is 9.97 Å². The molecule has 7 heteroatoms. The molecule has 29 heavy (non-hydrogen) atoms. The summed E-state index contributed by atoms with van der Waals surface area (Å²) in [6, 6.07) is 12.2. The van der Waals surface area contributed by atoms with Crippen LogP contribution in [0.4, 0.5) is 4.39 Å². The van der Waals surface area contributed by atoms with Crippen LogP contribution in [0, 0.1) is 12.7 Å². The summed E-state index contributed by atoms with van der Waals surface area (Å²) < 4.78 is 19.4. The lowest BCUT2D eigenvalue weighted by Gasteiger charge is -2.14. The molecule has 4 nitrogen and oxygen atoms in total. The zero-order valence-electron chi connectivity index (χ0n) is 16.3. The fraction of sp³-hybridized carbons (Fsp3) is 0.227. The summed E-state index contributed by atoms with van der Waals surface area (Å²) in [7, 11) is 0. The van der Waals surface area contributed by atoms with Gasteiger partial charge in [-0.05, 0) is 41.7 Å². The van der Waals surface area contributed by atoms with Crippen molar-refractivity contribution in [3.05, 3.63) is 81.9 Å². The van der Waals surface area contributed by atoms with Gasteiger partial charge in [-0.1, -0.05) is 67.5 Å². The Morgan fingerprint density at radius 3 is 2.72 bits per heavy atom. The van der Waals surface area contributed by atoms with Crippen LogP contribution in [0.25, 0.3) is 0 Å². The number of hydrogen-bond donors (Lipinski definition) is 0. The molecule has 0 aliphatic heterocycles. The van der Waals surface area contributed by atoms with Gasteiger partial charge >= 0.3 is 5.97 Å². The van der Waals surface area contributed by atoms with Crippen molar-refractivity contribution >= 4 is 29.3 Å². The molecule has 0 N–H and O–H groups in total. The Morgan fingerprint density at radius 1 is 1.24 bits per heavy atom. The highest BCUT2D eigenvalue weighted by atomic mass is 35.5. The largest absolute Gasteiger partial charge is 0.421 e. The van der Waals surface area contributed by atoms with E-state index in [1.54, 1.807) is 18.2 Å². The van der Waals surface area contributed by atoms with Crippen LogP contribution in [0.2, 0.25) is 5.02 Å². The Labute approximate surface area is 178 Å². The molecule has 0 aliphatic carbocycles. The number of ether oxygens (including phenoxy) is 1. The minimum Gasteiger partial charge on any atom is -0.421 e. The zero-order chi connectivity index (χ0) is 21.0. The van der Waals surface area contributed by atoms with Crippen molar-refractivity contribution in [2.45, 2.75) is 37.6 Å². The number of rotatable bonds is 6. The number of thioether (sulfide) groups is 1. The molecule has 2 aromatic carbocycles. The molecule has 0 spiro atoms. The summed E-state index contributed by atoms with van der Waals surface area (Å²) in [6.07, 6.45) is 1.36. The summed E-state index contributed by atoms with van der Waals surface area (Å²) in [5, 5.41) is 0.418. The Hall–Kier alpha value is -2.44. The van der Waals surface area contributed by atoms with Crippen LogP contribution in [0.1, 0.15) is 46.9 Å². The van der Waals surface area contributed by atoms with E-state index in [0.29, 0.717) is 22.2 Å². The highest BCUT2D eigenvalue weighted by Crippen LogP contribution is 2.29. The Balaban J connectivity index is 1.80. The maximum Gasteiger partial charge on any atom is 0.364 e. The highest BCUT2D eigenvalue weighted by molar-refractivity contribution is 7.98. The number of nitrogens with zero attached hydrogens (tertiary/aromatic N) is 2. The minimum absolute atomic E-state index is 0.0195. The lowest BCUT2D eigenvalue weighted by atomic mass is 10.0. The van der Waals surface area contributed by atoms with Crippen molar-refractivity contribution in [3.63, 3.8) is 0 Å². The number of carbonyl (C=O) groups is 1. The predicted octanol–water partition coefficient (Wildman–Crippen LogP) is 6.21. The summed E-state index contributed by atoms with van der Waals surface area (Å²) in [5.41, 5.74) is 2.41. The molecule has 0 saturated heterocycles. The van der Waals surface area contributed by atoms with Crippen molar-refractivity contribution in [3.8, 4) is 5.75 Å². The molecule has 0 radical (unpaired) electrons. The van der Waals surface area contributed by atoms with E-state index >= 15 is 0 Å². The maximum atomic E-state index is 13.8. The second-order valence-electron chi connectivity index (χ2n) is 6.81. The van der Waals surface area contributed by atoms with E-state index in [4.69, 9.17) is 16.3 Å². The average Bonchev–Trinajstić information content (AvgIpc) is 2.68. The molecule has 1 heterocycles. The van der Waals surface area contributed by atoms with Crippen molar-refractivity contribution in [1.82, 2.24) is 9.97 Å². The molecule has 1 aromatic heterocycles. The molecule has 0 unspecified atom stereocenters. The SMILES string of the molecule is Cc1ccc(C(C)C)c(OC(=O)c2nc(SCc3ccccc3F)ncc2Cl)c1. The molecule has 0 aliphatic rings. The van der Waals surface area contributed by atoms with Crippen LogP contribution in [0.3, 0.4) is 0 Å². The number of aryl methyl sites for hydroxylation is 1. The van der Waals surface area contributed by atoms with Crippen molar-refractivity contribution in [2.75, 3.05) is 0 Å². The van der Waals surface area contributed by atoms with E-state index in [1.807, 2.05) is 39.0 Å². The number of halogens is 2. The van der Waals surface area contributed by atoms with Gasteiger partial charge in [0.25, 0.3) is 0 Å². The second kappa shape index (κ2) is 9.37. The van der Waals surface area contributed by atoms with Gasteiger partial charge in [0.2, 0.25) is 0 Å². The summed E-state index contributed by atoms with van der Waals surface area (Å²) in [6.45, 7) is 5.98. The number of hydrogen-bond acceptors (Lipinski definition) is 5. The summed E-state index contributed by atoms with van der Waals surface area (Å²) in [5.74, 6) is 0.0522. The fourth-order valence-electron chi connectivity index (χ4n) is 2.68. The van der Waals surface area contributed by atoms with Crippen molar-refractivity contribution in [1.29, 1.82) is 0 Å². The van der Waals surface area contributed by atoms with Gasteiger partial charge in [0.1, 0.15) is 11.6 Å². The van der Waals surface area contributed by atoms with Crippen molar-refractivity contribution in [2.24, 2.45) is 0 Å². The molecule has 150 valence electrons. The predicted molar refractivity (Wildman–Crippen MR) is 113 cm³/mol. The van der Waals surface area contributed by atoms with Gasteiger partial charge in [0.05, 0.1) is 11.2 Å². The van der Waals surface area contributed by atoms with Gasteiger partial charge in [-0.3, -0.25) is 0 Å². The lowest BCUT2D eigenvalue weighted by Crippen LogP contribution is -2.14. The first-order valence-electron chi connectivity index (χ1n) is 9.06. The molecule has 0 atom stereocenters. The smallest absolute Gasteiger partial charge is 0.364 e. The summed E-state index contributed by atoms with van der Waals surface area (Å²) in [4.78, 5) is 21.1. The first-order valence-corrected chi connectivity index (χ1v) is 10.4. The third-order valence-corrected chi connectivity index (χ3v) is 5.41. The van der Waals surface area contributed by atoms with E-state index < -0.39 is 5.97 Å². The highest BCUT2D eigenvalue weighted by Gasteiger charge is 2.19. The number of benzene rings is 2. The molecule has 0 bridgehead atoms. The standard InChI is InChI=1S/C22H20ClFN2O2S/c1-13(2)16-9-8-14(3)10-19(16)28-21(27)20-17(23)11-25-22(26-20)29-12-15-6-4-5-7-18(15)24/h4-11,13H,12H2,1-3H3. The third-order valence-electron chi connectivity index (χ3n) is 4.22. The van der Waals surface area contributed by atoms with E-state index in [0.717, 1.165) is 11.1 Å². The lowest BCUT2D eigenvalue weighted by molar-refractivity contribution is 0.0725. The molecular weight excluding hydrogens is 411 g/mol. The maximum absolute atomic E-state index is 13.8. The van der Waals surface area contributed by atoms with Crippen LogP contribution in [0.5, 0.6) is 5.75 Å². The van der Waals surface area contributed by atoms with Crippen LogP contribution in [0.15, 0.2) is 53.8 Å². The molecule has 0 fully saturated rings. The van der Waals surface area contributed by atoms with Gasteiger partial charge in [0.15, 0.2) is 10.9 Å². The molecule has 3 rings (SSSR count). The number of esters is 1. The van der Waals surface area contributed by atoms with Crippen LogP contribution in [-0.2, 0) is 5.75 Å². The third kappa shape index (κ3) is 5.34. The Kier molecular flexibility index (Phi) is 6.87. The van der Waals surface area contributed by atoms with Gasteiger partial charge < -0.3 is 4.74 Å². The van der Waals surface area contributed by atoms with Crippen LogP contribution in [-0.4, -0.2) is 15.9 Å². The van der Waals surface area contributed by atoms with Crippen molar-refractivity contribution < 1.29 is 13.9 Å². The van der Waals surface area contributed by atoms with Gasteiger partial charge in [0, 0.05) is 5.75 Å². The monoisotopic (exact) mass is 430 g/mol. The Bertz CT molecular complexity index is 1040. The average molecular weight is 431 g/mol. The van der Waals surface area contributed by atoms with Gasteiger partial charge in [-0.15, -0.1) is 0 Å². The van der Waals surface area contributed by atoms with Gasteiger partial charge in [-0.25, -0.2) is 19.2 Å². The zero-order valence-corrected chi connectivity index (χ0v) is 17.9. The van der Waals surface area contributed by atoms with Gasteiger partial charge in [-0.2, -0.15) is 0 Å². The first kappa shape index (κ1) is 21.3.